The quantitative estimate of drug-likeness (QED) is 0.871. The van der Waals surface area contributed by atoms with E-state index < -0.39 is 6.04 Å². The highest BCUT2D eigenvalue weighted by Gasteiger charge is 2.33. The lowest BCUT2D eigenvalue weighted by atomic mass is 10.0. The number of amides is 1. The van der Waals surface area contributed by atoms with Gasteiger partial charge in [0, 0.05) is 6.54 Å². The molecule has 1 aliphatic heterocycles. The molecule has 0 aromatic heterocycles. The summed E-state index contributed by atoms with van der Waals surface area (Å²) in [5, 5.41) is 3.15. The Morgan fingerprint density at radius 3 is 2.68 bits per heavy atom. The Hall–Kier alpha value is -2.62. The van der Waals surface area contributed by atoms with Crippen molar-refractivity contribution in [2.45, 2.75) is 13.0 Å². The maximum absolute atomic E-state index is 13.5. The zero-order chi connectivity index (χ0) is 15.7. The molecule has 2 aromatic rings. The van der Waals surface area contributed by atoms with E-state index in [-0.39, 0.29) is 11.7 Å². The Balaban J connectivity index is 2.06. The molecular formula is C18H17FN2O. The van der Waals surface area contributed by atoms with Crippen molar-refractivity contribution in [1.82, 2.24) is 0 Å². The number of hydrogen-bond acceptors (Lipinski definition) is 2. The molecule has 0 bridgehead atoms. The van der Waals surface area contributed by atoms with Gasteiger partial charge in [-0.05, 0) is 30.7 Å². The zero-order valence-corrected chi connectivity index (χ0v) is 12.3. The molecule has 2 aromatic carbocycles. The number of anilines is 2. The van der Waals surface area contributed by atoms with Crippen molar-refractivity contribution in [2.24, 2.45) is 0 Å². The summed E-state index contributed by atoms with van der Waals surface area (Å²) in [4.78, 5) is 14.5. The SMILES string of the molecule is C=C(C)CN1C(=O)C(c2ccccc2)Nc2cc(F)ccc21. The van der Waals surface area contributed by atoms with E-state index in [9.17, 15) is 9.18 Å². The van der Waals surface area contributed by atoms with Crippen LogP contribution in [0.1, 0.15) is 18.5 Å². The summed E-state index contributed by atoms with van der Waals surface area (Å²) in [7, 11) is 0. The maximum Gasteiger partial charge on any atom is 0.254 e. The normalized spacial score (nSPS) is 16.9. The van der Waals surface area contributed by atoms with Crippen LogP contribution < -0.4 is 10.2 Å². The highest BCUT2D eigenvalue weighted by molar-refractivity contribution is 6.05. The lowest BCUT2D eigenvalue weighted by molar-refractivity contribution is -0.119. The standard InChI is InChI=1S/C18H17FN2O/c1-12(2)11-21-16-9-8-14(19)10-15(16)20-17(18(21)22)13-6-4-3-5-7-13/h3-10,17,20H,1,11H2,2H3. The highest BCUT2D eigenvalue weighted by Crippen LogP contribution is 2.37. The van der Waals surface area contributed by atoms with Crippen LogP contribution in [-0.2, 0) is 4.79 Å². The molecule has 1 unspecified atom stereocenters. The van der Waals surface area contributed by atoms with Crippen LogP contribution in [0.5, 0.6) is 0 Å². The molecule has 0 fully saturated rings. The third-order valence-corrected chi connectivity index (χ3v) is 3.62. The van der Waals surface area contributed by atoms with Crippen LogP contribution in [0.15, 0.2) is 60.7 Å². The van der Waals surface area contributed by atoms with Gasteiger partial charge >= 0.3 is 0 Å². The molecule has 4 heteroatoms. The first-order valence-electron chi connectivity index (χ1n) is 7.13. The Kier molecular flexibility index (Phi) is 3.67. The van der Waals surface area contributed by atoms with Gasteiger partial charge in [0.15, 0.2) is 0 Å². The molecule has 0 saturated carbocycles. The van der Waals surface area contributed by atoms with E-state index in [0.29, 0.717) is 17.9 Å². The van der Waals surface area contributed by atoms with E-state index in [2.05, 4.69) is 11.9 Å². The van der Waals surface area contributed by atoms with Gasteiger partial charge in [0.2, 0.25) is 0 Å². The predicted octanol–water partition coefficient (Wildman–Crippen LogP) is 3.90. The number of fused-ring (bicyclic) bond motifs is 1. The van der Waals surface area contributed by atoms with Crippen LogP contribution in [0.25, 0.3) is 0 Å². The van der Waals surface area contributed by atoms with Gasteiger partial charge in [-0.25, -0.2) is 4.39 Å². The minimum Gasteiger partial charge on any atom is -0.368 e. The summed E-state index contributed by atoms with van der Waals surface area (Å²) in [6.07, 6.45) is 0. The molecule has 112 valence electrons. The van der Waals surface area contributed by atoms with Gasteiger partial charge in [-0.2, -0.15) is 0 Å². The smallest absolute Gasteiger partial charge is 0.254 e. The van der Waals surface area contributed by atoms with E-state index in [0.717, 1.165) is 11.1 Å². The van der Waals surface area contributed by atoms with Crippen molar-refractivity contribution in [2.75, 3.05) is 16.8 Å². The highest BCUT2D eigenvalue weighted by atomic mass is 19.1. The lowest BCUT2D eigenvalue weighted by Crippen LogP contribution is -2.43. The fourth-order valence-corrected chi connectivity index (χ4v) is 2.66. The Morgan fingerprint density at radius 1 is 1.27 bits per heavy atom. The molecule has 1 N–H and O–H groups in total. The Labute approximate surface area is 129 Å². The first-order valence-corrected chi connectivity index (χ1v) is 7.13. The molecule has 0 aliphatic carbocycles. The molecule has 0 saturated heterocycles. The number of hydrogen-bond donors (Lipinski definition) is 1. The topological polar surface area (TPSA) is 32.3 Å². The molecule has 1 amide bonds. The molecule has 0 spiro atoms. The van der Waals surface area contributed by atoms with Crippen LogP contribution in [0.2, 0.25) is 0 Å². The van der Waals surface area contributed by atoms with Gasteiger partial charge in [-0.3, -0.25) is 4.79 Å². The number of carbonyl (C=O) groups is 1. The molecule has 1 aliphatic rings. The average Bonchev–Trinajstić information content (AvgIpc) is 2.50. The fourth-order valence-electron chi connectivity index (χ4n) is 2.66. The minimum atomic E-state index is -0.519. The monoisotopic (exact) mass is 296 g/mol. The summed E-state index contributed by atoms with van der Waals surface area (Å²) in [6, 6.07) is 13.3. The largest absolute Gasteiger partial charge is 0.368 e. The summed E-state index contributed by atoms with van der Waals surface area (Å²) >= 11 is 0. The first-order chi connectivity index (χ1) is 10.6. The van der Waals surface area contributed by atoms with Gasteiger partial charge in [0.25, 0.3) is 5.91 Å². The number of carbonyl (C=O) groups excluding carboxylic acids is 1. The number of nitrogens with zero attached hydrogens (tertiary/aromatic N) is 1. The van der Waals surface area contributed by atoms with Crippen molar-refractivity contribution >= 4 is 17.3 Å². The van der Waals surface area contributed by atoms with Gasteiger partial charge in [-0.1, -0.05) is 42.5 Å². The summed E-state index contributed by atoms with van der Waals surface area (Å²) in [5.41, 5.74) is 3.03. The zero-order valence-electron chi connectivity index (χ0n) is 12.3. The van der Waals surface area contributed by atoms with Crippen molar-refractivity contribution < 1.29 is 9.18 Å². The molecule has 22 heavy (non-hydrogen) atoms. The molecular weight excluding hydrogens is 279 g/mol. The second-order valence-electron chi connectivity index (χ2n) is 5.53. The first kappa shape index (κ1) is 14.3. The third-order valence-electron chi connectivity index (χ3n) is 3.62. The van der Waals surface area contributed by atoms with Crippen LogP contribution in [0.3, 0.4) is 0 Å². The van der Waals surface area contributed by atoms with E-state index in [1.807, 2.05) is 37.3 Å². The minimum absolute atomic E-state index is 0.0618. The molecule has 1 heterocycles. The lowest BCUT2D eigenvalue weighted by Gasteiger charge is -2.35. The maximum atomic E-state index is 13.5. The van der Waals surface area contributed by atoms with Crippen molar-refractivity contribution in [3.63, 3.8) is 0 Å². The number of nitrogens with one attached hydrogen (secondary N) is 1. The second-order valence-corrected chi connectivity index (χ2v) is 5.53. The van der Waals surface area contributed by atoms with Gasteiger partial charge in [0.05, 0.1) is 11.4 Å². The summed E-state index contributed by atoms with van der Waals surface area (Å²) < 4.78 is 13.5. The van der Waals surface area contributed by atoms with Crippen LogP contribution in [0, 0.1) is 5.82 Å². The van der Waals surface area contributed by atoms with Crippen LogP contribution in [-0.4, -0.2) is 12.5 Å². The van der Waals surface area contributed by atoms with E-state index in [1.165, 1.54) is 12.1 Å². The Morgan fingerprint density at radius 2 is 2.00 bits per heavy atom. The van der Waals surface area contributed by atoms with Gasteiger partial charge < -0.3 is 10.2 Å². The number of benzene rings is 2. The van der Waals surface area contributed by atoms with E-state index in [1.54, 1.807) is 11.0 Å². The van der Waals surface area contributed by atoms with E-state index in [4.69, 9.17) is 0 Å². The van der Waals surface area contributed by atoms with Crippen molar-refractivity contribution in [3.05, 3.63) is 72.1 Å². The van der Waals surface area contributed by atoms with Crippen LogP contribution in [0.4, 0.5) is 15.8 Å². The van der Waals surface area contributed by atoms with Gasteiger partial charge in [-0.15, -0.1) is 0 Å². The molecule has 3 nitrogen and oxygen atoms in total. The number of rotatable bonds is 3. The van der Waals surface area contributed by atoms with Crippen molar-refractivity contribution in [3.8, 4) is 0 Å². The fraction of sp³-hybridized carbons (Fsp3) is 0.167. The molecule has 1 atom stereocenters. The third kappa shape index (κ3) is 2.60. The summed E-state index contributed by atoms with van der Waals surface area (Å²) in [6.45, 7) is 6.17. The molecule has 3 rings (SSSR count). The Bertz CT molecular complexity index is 727. The van der Waals surface area contributed by atoms with Crippen molar-refractivity contribution in [1.29, 1.82) is 0 Å². The second kappa shape index (κ2) is 5.64. The number of halogens is 1. The predicted molar refractivity (Wildman–Crippen MR) is 86.4 cm³/mol. The summed E-state index contributed by atoms with van der Waals surface area (Å²) in [5.74, 6) is -0.393. The average molecular weight is 296 g/mol. The van der Waals surface area contributed by atoms with Gasteiger partial charge in [0.1, 0.15) is 11.9 Å². The van der Waals surface area contributed by atoms with E-state index >= 15 is 0 Å². The van der Waals surface area contributed by atoms with Crippen LogP contribution >= 0.6 is 0 Å². The molecule has 0 radical (unpaired) electrons.